The van der Waals surface area contributed by atoms with E-state index in [0.29, 0.717) is 30.3 Å². The zero-order chi connectivity index (χ0) is 18.9. The molecule has 1 amide bonds. The van der Waals surface area contributed by atoms with E-state index >= 15 is 0 Å². The number of aromatic nitrogens is 4. The molecular weight excluding hydrogens is 380 g/mol. The fraction of sp³-hybridized carbons (Fsp3) is 0.533. The van der Waals surface area contributed by atoms with E-state index in [9.17, 15) is 9.59 Å². The van der Waals surface area contributed by atoms with Crippen molar-refractivity contribution in [3.63, 3.8) is 0 Å². The highest BCUT2D eigenvalue weighted by Gasteiger charge is 2.28. The van der Waals surface area contributed by atoms with Crippen molar-refractivity contribution in [1.82, 2.24) is 20.4 Å². The van der Waals surface area contributed by atoms with E-state index in [0.717, 1.165) is 5.01 Å². The number of carbonyl (C=O) groups excluding carboxylic acids is 1. The van der Waals surface area contributed by atoms with E-state index in [1.54, 1.807) is 0 Å². The lowest BCUT2D eigenvalue weighted by molar-refractivity contribution is 0.122. The minimum absolute atomic E-state index is 0.0775. The first-order valence-corrected chi connectivity index (χ1v) is 9.23. The van der Waals surface area contributed by atoms with Gasteiger partial charge in [0.1, 0.15) is 16.1 Å². The second-order valence-corrected chi connectivity index (χ2v) is 8.30. The summed E-state index contributed by atoms with van der Waals surface area (Å²) in [5.74, 6) is 0. The van der Waals surface area contributed by atoms with Gasteiger partial charge in [-0.25, -0.2) is 9.89 Å². The van der Waals surface area contributed by atoms with Crippen LogP contribution in [-0.2, 0) is 10.2 Å². The van der Waals surface area contributed by atoms with Crippen molar-refractivity contribution in [3.8, 4) is 0 Å². The minimum Gasteiger partial charge on any atom is -0.444 e. The molecule has 2 aromatic rings. The Hall–Kier alpha value is -2.20. The second-order valence-electron chi connectivity index (χ2n) is 6.95. The van der Waals surface area contributed by atoms with Crippen LogP contribution in [0.15, 0.2) is 11.0 Å². The van der Waals surface area contributed by atoms with Crippen molar-refractivity contribution in [2.24, 2.45) is 0 Å². The summed E-state index contributed by atoms with van der Waals surface area (Å²) in [5, 5.41) is 18.0. The number of H-pyrrole nitrogens is 1. The van der Waals surface area contributed by atoms with Crippen LogP contribution < -0.4 is 15.8 Å². The Morgan fingerprint density at radius 2 is 2.23 bits per heavy atom. The molecule has 0 radical (unpaired) electrons. The maximum atomic E-state index is 12.1. The van der Waals surface area contributed by atoms with Crippen LogP contribution in [0, 0.1) is 0 Å². The van der Waals surface area contributed by atoms with Crippen molar-refractivity contribution < 1.29 is 9.53 Å². The normalized spacial score (nSPS) is 17.4. The van der Waals surface area contributed by atoms with E-state index in [4.69, 9.17) is 16.3 Å². The lowest BCUT2D eigenvalue weighted by Gasteiger charge is -2.18. The number of carbonyl (C=O) groups is 1. The molecule has 0 spiro atoms. The molecule has 1 aliphatic heterocycles. The standard InChI is InChI=1S/C15H19ClN6O3S/c1-15(2,3)12-20-21-13(26-12)18-14(24)25-8-4-5-22(7-8)9-6-17-19-11(23)10(9)16/h6,8H,4-5,7H2,1-3H3,(H,19,23)(H,18,21,24)/t8-/m1/s1. The van der Waals surface area contributed by atoms with Gasteiger partial charge in [-0.3, -0.25) is 10.1 Å². The van der Waals surface area contributed by atoms with Gasteiger partial charge in [-0.2, -0.15) is 5.10 Å². The van der Waals surface area contributed by atoms with E-state index in [-0.39, 0.29) is 16.5 Å². The number of rotatable bonds is 3. The predicted molar refractivity (Wildman–Crippen MR) is 99.2 cm³/mol. The maximum absolute atomic E-state index is 12.1. The quantitative estimate of drug-likeness (QED) is 0.815. The average molecular weight is 399 g/mol. The summed E-state index contributed by atoms with van der Waals surface area (Å²) in [6.07, 6.45) is 1.21. The Balaban J connectivity index is 1.57. The van der Waals surface area contributed by atoms with E-state index in [1.165, 1.54) is 17.5 Å². The van der Waals surface area contributed by atoms with Crippen LogP contribution in [0.25, 0.3) is 0 Å². The molecule has 9 nitrogen and oxygen atoms in total. The molecule has 0 bridgehead atoms. The molecule has 2 N–H and O–H groups in total. The Kier molecular flexibility index (Phi) is 5.15. The highest BCUT2D eigenvalue weighted by Crippen LogP contribution is 2.28. The number of halogens is 1. The number of nitrogens with one attached hydrogen (secondary N) is 2. The van der Waals surface area contributed by atoms with Crippen molar-refractivity contribution >= 4 is 39.8 Å². The number of anilines is 2. The fourth-order valence-corrected chi connectivity index (χ4v) is 3.48. The van der Waals surface area contributed by atoms with Gasteiger partial charge in [-0.1, -0.05) is 43.7 Å². The summed E-state index contributed by atoms with van der Waals surface area (Å²) in [6.45, 7) is 7.11. The van der Waals surface area contributed by atoms with Gasteiger partial charge in [0, 0.05) is 18.4 Å². The van der Waals surface area contributed by atoms with Gasteiger partial charge in [0.25, 0.3) is 5.56 Å². The van der Waals surface area contributed by atoms with Crippen molar-refractivity contribution in [3.05, 3.63) is 26.6 Å². The SMILES string of the molecule is CC(C)(C)c1nnc(NC(=O)O[C@@H]2CCN(c3cn[nH]c(=O)c3Cl)C2)s1. The molecular formula is C15H19ClN6O3S. The third-order valence-electron chi connectivity index (χ3n) is 3.81. The first-order chi connectivity index (χ1) is 12.2. The van der Waals surface area contributed by atoms with Crippen LogP contribution in [0.4, 0.5) is 15.6 Å². The molecule has 140 valence electrons. The topological polar surface area (TPSA) is 113 Å². The summed E-state index contributed by atoms with van der Waals surface area (Å²) in [7, 11) is 0. The van der Waals surface area contributed by atoms with Crippen molar-refractivity contribution in [2.45, 2.75) is 38.7 Å². The molecule has 3 rings (SSSR count). The first-order valence-electron chi connectivity index (χ1n) is 8.04. The van der Waals surface area contributed by atoms with E-state index in [2.05, 4.69) is 25.7 Å². The smallest absolute Gasteiger partial charge is 0.413 e. The van der Waals surface area contributed by atoms with Crippen LogP contribution in [-0.4, -0.2) is 45.7 Å². The summed E-state index contributed by atoms with van der Waals surface area (Å²) in [5.41, 5.74) is -0.0491. The zero-order valence-corrected chi connectivity index (χ0v) is 16.1. The summed E-state index contributed by atoms with van der Waals surface area (Å²) < 4.78 is 5.43. The fourth-order valence-electron chi connectivity index (χ4n) is 2.48. The van der Waals surface area contributed by atoms with Gasteiger partial charge in [0.05, 0.1) is 18.4 Å². The van der Waals surface area contributed by atoms with E-state index < -0.39 is 11.7 Å². The Morgan fingerprint density at radius 1 is 1.46 bits per heavy atom. The number of hydrogen-bond acceptors (Lipinski definition) is 8. The monoisotopic (exact) mass is 398 g/mol. The van der Waals surface area contributed by atoms with Crippen LogP contribution in [0.2, 0.25) is 5.02 Å². The molecule has 0 aromatic carbocycles. The number of ether oxygens (including phenoxy) is 1. The lowest BCUT2D eigenvalue weighted by Crippen LogP contribution is -2.28. The highest BCUT2D eigenvalue weighted by molar-refractivity contribution is 7.15. The Morgan fingerprint density at radius 3 is 2.92 bits per heavy atom. The predicted octanol–water partition coefficient (Wildman–Crippen LogP) is 2.40. The van der Waals surface area contributed by atoms with Gasteiger partial charge in [0.15, 0.2) is 0 Å². The highest BCUT2D eigenvalue weighted by atomic mass is 35.5. The Bertz CT molecular complexity index is 862. The van der Waals surface area contributed by atoms with Gasteiger partial charge in [0.2, 0.25) is 5.13 Å². The molecule has 26 heavy (non-hydrogen) atoms. The maximum Gasteiger partial charge on any atom is 0.413 e. The summed E-state index contributed by atoms with van der Waals surface area (Å²) >= 11 is 7.33. The van der Waals surface area contributed by atoms with Crippen LogP contribution in [0.3, 0.4) is 0 Å². The number of amides is 1. The summed E-state index contributed by atoms with van der Waals surface area (Å²) in [6, 6.07) is 0. The van der Waals surface area contributed by atoms with Crippen LogP contribution in [0.5, 0.6) is 0 Å². The number of aromatic amines is 1. The second kappa shape index (κ2) is 7.20. The molecule has 3 heterocycles. The third kappa shape index (κ3) is 4.13. The Labute approximate surface area is 158 Å². The zero-order valence-electron chi connectivity index (χ0n) is 14.6. The number of hydrogen-bond donors (Lipinski definition) is 2. The first kappa shape index (κ1) is 18.6. The molecule has 1 saturated heterocycles. The van der Waals surface area contributed by atoms with Crippen molar-refractivity contribution in [2.75, 3.05) is 23.3 Å². The number of nitrogens with zero attached hydrogens (tertiary/aromatic N) is 4. The molecule has 0 aliphatic carbocycles. The van der Waals surface area contributed by atoms with Gasteiger partial charge >= 0.3 is 6.09 Å². The van der Waals surface area contributed by atoms with Crippen LogP contribution >= 0.6 is 22.9 Å². The lowest BCUT2D eigenvalue weighted by atomic mass is 9.98. The van der Waals surface area contributed by atoms with Crippen LogP contribution in [0.1, 0.15) is 32.2 Å². The molecule has 11 heteroatoms. The molecule has 1 fully saturated rings. The van der Waals surface area contributed by atoms with Crippen molar-refractivity contribution in [1.29, 1.82) is 0 Å². The summed E-state index contributed by atoms with van der Waals surface area (Å²) in [4.78, 5) is 25.5. The molecule has 0 unspecified atom stereocenters. The molecule has 1 atom stereocenters. The third-order valence-corrected chi connectivity index (χ3v) is 5.44. The van der Waals surface area contributed by atoms with Gasteiger partial charge in [-0.05, 0) is 0 Å². The van der Waals surface area contributed by atoms with E-state index in [1.807, 2.05) is 25.7 Å². The average Bonchev–Trinajstić information content (AvgIpc) is 3.19. The molecule has 2 aromatic heterocycles. The minimum atomic E-state index is -0.580. The van der Waals surface area contributed by atoms with Gasteiger partial charge in [-0.15, -0.1) is 10.2 Å². The van der Waals surface area contributed by atoms with Gasteiger partial charge < -0.3 is 9.64 Å². The largest absolute Gasteiger partial charge is 0.444 e. The molecule has 0 saturated carbocycles. The molecule has 1 aliphatic rings.